The number of nitrogens with zero attached hydrogens (tertiary/aromatic N) is 6. The van der Waals surface area contributed by atoms with Crippen LogP contribution in [-0.2, 0) is 9.53 Å². The molecule has 4 heterocycles. The average Bonchev–Trinajstić information content (AvgIpc) is 3.08. The summed E-state index contributed by atoms with van der Waals surface area (Å²) >= 11 is 0. The van der Waals surface area contributed by atoms with Crippen molar-refractivity contribution in [1.82, 2.24) is 19.8 Å². The summed E-state index contributed by atoms with van der Waals surface area (Å²) < 4.78 is 46.6. The molecule has 3 fully saturated rings. The molecule has 0 bridgehead atoms. The molecule has 3 N–H and O–H groups in total. The van der Waals surface area contributed by atoms with E-state index in [1.165, 1.54) is 12.1 Å². The molecular formula is C33H37F2N7O6. The Morgan fingerprint density at radius 1 is 1.15 bits per heavy atom. The summed E-state index contributed by atoms with van der Waals surface area (Å²) in [4.78, 5) is 26.6. The number of nitrogens with one attached hydrogen (secondary N) is 1. The lowest BCUT2D eigenvalue weighted by molar-refractivity contribution is -0.167. The molecule has 48 heavy (non-hydrogen) atoms. The maximum Gasteiger partial charge on any atom is 0.301 e. The van der Waals surface area contributed by atoms with Gasteiger partial charge in [0.2, 0.25) is 0 Å². The number of likely N-dealkylation sites (tertiary alicyclic amines) is 1. The molecule has 1 aromatic heterocycles. The van der Waals surface area contributed by atoms with E-state index in [1.54, 1.807) is 25.4 Å². The van der Waals surface area contributed by atoms with Gasteiger partial charge in [0.25, 0.3) is 5.91 Å². The minimum absolute atomic E-state index is 0.0154. The van der Waals surface area contributed by atoms with Crippen molar-refractivity contribution in [3.8, 4) is 29.0 Å². The first-order valence-corrected chi connectivity index (χ1v) is 15.7. The monoisotopic (exact) mass is 665 g/mol. The van der Waals surface area contributed by atoms with Crippen molar-refractivity contribution < 1.29 is 38.0 Å². The summed E-state index contributed by atoms with van der Waals surface area (Å²) in [6.45, 7) is 3.38. The molecular weight excluding hydrogens is 628 g/mol. The van der Waals surface area contributed by atoms with E-state index in [1.807, 2.05) is 24.3 Å². The highest BCUT2D eigenvalue weighted by molar-refractivity contribution is 5.81. The van der Waals surface area contributed by atoms with Gasteiger partial charge in [-0.1, -0.05) is 0 Å². The molecule has 0 unspecified atom stereocenters. The lowest BCUT2D eigenvalue weighted by Gasteiger charge is -2.43. The first kappa shape index (κ1) is 33.3. The number of aromatic nitrogens is 2. The van der Waals surface area contributed by atoms with Gasteiger partial charge in [-0.15, -0.1) is 0 Å². The van der Waals surface area contributed by atoms with Crippen LogP contribution in [0.2, 0.25) is 0 Å². The van der Waals surface area contributed by atoms with E-state index in [2.05, 4.69) is 25.1 Å². The lowest BCUT2D eigenvalue weighted by Crippen LogP contribution is -2.57. The minimum Gasteiger partial charge on any atom is -0.495 e. The van der Waals surface area contributed by atoms with Crippen molar-refractivity contribution >= 4 is 23.1 Å². The van der Waals surface area contributed by atoms with Gasteiger partial charge in [-0.2, -0.15) is 5.26 Å². The second-order valence-corrected chi connectivity index (χ2v) is 11.9. The van der Waals surface area contributed by atoms with E-state index in [4.69, 9.17) is 19.3 Å². The van der Waals surface area contributed by atoms with Crippen molar-refractivity contribution in [3.05, 3.63) is 54.2 Å². The minimum atomic E-state index is -3.46. The van der Waals surface area contributed by atoms with Gasteiger partial charge in [0.1, 0.15) is 23.4 Å². The van der Waals surface area contributed by atoms with Gasteiger partial charge < -0.3 is 39.5 Å². The zero-order valence-corrected chi connectivity index (χ0v) is 26.4. The van der Waals surface area contributed by atoms with Crippen molar-refractivity contribution in [2.45, 2.75) is 30.6 Å². The number of hydrogen-bond donors (Lipinski definition) is 3. The van der Waals surface area contributed by atoms with Crippen LogP contribution in [0.15, 0.2) is 48.7 Å². The number of carbonyl (C=O) groups is 1. The van der Waals surface area contributed by atoms with Crippen LogP contribution < -0.4 is 19.7 Å². The fraction of sp³-hybridized carbons (Fsp3) is 0.455. The Hall–Kier alpha value is -4.62. The van der Waals surface area contributed by atoms with Crippen LogP contribution >= 0.6 is 0 Å². The molecule has 0 spiro atoms. The van der Waals surface area contributed by atoms with Crippen LogP contribution in [0.5, 0.6) is 11.5 Å². The van der Waals surface area contributed by atoms with Crippen molar-refractivity contribution in [2.75, 3.05) is 76.4 Å². The van der Waals surface area contributed by atoms with Gasteiger partial charge in [0, 0.05) is 62.7 Å². The summed E-state index contributed by atoms with van der Waals surface area (Å²) in [5.74, 6) is -2.94. The maximum atomic E-state index is 15.0. The van der Waals surface area contributed by atoms with Crippen molar-refractivity contribution in [2.24, 2.45) is 0 Å². The van der Waals surface area contributed by atoms with Gasteiger partial charge in [0.05, 0.1) is 50.8 Å². The number of hydrogen-bond acceptors (Lipinski definition) is 12. The van der Waals surface area contributed by atoms with Crippen LogP contribution in [0.4, 0.5) is 26.0 Å². The van der Waals surface area contributed by atoms with Gasteiger partial charge >= 0.3 is 5.92 Å². The Labute approximate surface area is 276 Å². The Kier molecular flexibility index (Phi) is 9.88. The van der Waals surface area contributed by atoms with E-state index >= 15 is 0 Å². The summed E-state index contributed by atoms with van der Waals surface area (Å²) in [7, 11) is 1.64. The highest BCUT2D eigenvalue weighted by atomic mass is 19.3. The molecule has 0 saturated carbocycles. The summed E-state index contributed by atoms with van der Waals surface area (Å²) in [5.41, 5.74) is 2.26. The van der Waals surface area contributed by atoms with Crippen molar-refractivity contribution in [3.63, 3.8) is 0 Å². The Balaban J connectivity index is 1.12. The third-order valence-corrected chi connectivity index (χ3v) is 8.83. The number of ether oxygens (including phenoxy) is 3. The first-order chi connectivity index (χ1) is 23.2. The third-order valence-electron chi connectivity index (χ3n) is 8.83. The van der Waals surface area contributed by atoms with Crippen LogP contribution in [-0.4, -0.2) is 126 Å². The van der Waals surface area contributed by atoms with E-state index in [-0.39, 0.29) is 24.3 Å². The average molecular weight is 666 g/mol. The number of anilines is 3. The van der Waals surface area contributed by atoms with Crippen molar-refractivity contribution in [1.29, 1.82) is 5.26 Å². The van der Waals surface area contributed by atoms with E-state index < -0.39 is 37.2 Å². The number of methoxy groups -OCH3 is 1. The number of piperidine rings is 1. The lowest BCUT2D eigenvalue weighted by atomic mass is 10.0. The molecule has 13 nitrogen and oxygen atoms in total. The summed E-state index contributed by atoms with van der Waals surface area (Å²) in [6, 6.07) is 14.6. The molecule has 6 rings (SSSR count). The zero-order chi connectivity index (χ0) is 33.8. The van der Waals surface area contributed by atoms with Crippen LogP contribution in [0.3, 0.4) is 0 Å². The van der Waals surface area contributed by atoms with Crippen LogP contribution in [0.1, 0.15) is 12.0 Å². The number of halogens is 2. The molecule has 2 atom stereocenters. The Morgan fingerprint density at radius 3 is 2.60 bits per heavy atom. The van der Waals surface area contributed by atoms with E-state index in [9.17, 15) is 23.9 Å². The number of amides is 1. The molecule has 3 aliphatic rings. The first-order valence-electron chi connectivity index (χ1n) is 15.7. The number of benzene rings is 2. The second-order valence-electron chi connectivity index (χ2n) is 11.9. The molecule has 0 aliphatic carbocycles. The van der Waals surface area contributed by atoms with Crippen LogP contribution in [0.25, 0.3) is 11.4 Å². The zero-order valence-electron chi connectivity index (χ0n) is 26.4. The standard InChI is InChI=1S/C33H37F2N7O6/c1-46-28-15-23(3-4-25(28)41-12-10-40(11-13-41)24-18-47-19-24)38-30-6-8-37-31(39-30)21-2-5-27(22(14-21)16-36)48-29-7-9-42(20-33(29,34)35)32(45)26(44)17-43/h2-6,8,14-15,24,26,29,43-44H,7,9-13,17-20H2,1H3,(H,37,38,39)/t26-,29-/m0/s1. The smallest absolute Gasteiger partial charge is 0.301 e. The molecule has 3 aliphatic heterocycles. The Bertz CT molecular complexity index is 1660. The normalized spacial score (nSPS) is 20.4. The summed E-state index contributed by atoms with van der Waals surface area (Å²) in [6.07, 6.45) is -2.04. The van der Waals surface area contributed by atoms with Gasteiger partial charge in [-0.3, -0.25) is 9.69 Å². The Morgan fingerprint density at radius 2 is 1.94 bits per heavy atom. The van der Waals surface area contributed by atoms with Gasteiger partial charge in [-0.25, -0.2) is 18.7 Å². The maximum absolute atomic E-state index is 15.0. The molecule has 3 saturated heterocycles. The quantitative estimate of drug-likeness (QED) is 0.291. The predicted molar refractivity (Wildman–Crippen MR) is 171 cm³/mol. The van der Waals surface area contributed by atoms with Gasteiger partial charge in [0.15, 0.2) is 18.0 Å². The highest BCUT2D eigenvalue weighted by Gasteiger charge is 2.48. The fourth-order valence-electron chi connectivity index (χ4n) is 6.05. The van der Waals surface area contributed by atoms with E-state index in [0.29, 0.717) is 23.2 Å². The van der Waals surface area contributed by atoms with Crippen LogP contribution in [0, 0.1) is 11.3 Å². The second kappa shape index (κ2) is 14.2. The van der Waals surface area contributed by atoms with Gasteiger partial charge in [-0.05, 0) is 36.4 Å². The number of carbonyl (C=O) groups excluding carboxylic acids is 1. The van der Waals surface area contributed by atoms with E-state index in [0.717, 1.165) is 61.4 Å². The molecule has 3 aromatic rings. The largest absolute Gasteiger partial charge is 0.495 e. The topological polar surface area (TPSA) is 157 Å². The predicted octanol–water partition coefficient (Wildman–Crippen LogP) is 2.26. The number of alkyl halides is 2. The molecule has 254 valence electrons. The summed E-state index contributed by atoms with van der Waals surface area (Å²) in [5, 5.41) is 31.6. The molecule has 15 heteroatoms. The SMILES string of the molecule is COc1cc(Nc2ccnc(-c3ccc(O[C@H]4CCN(C(=O)[C@@H](O)CO)CC4(F)F)c(C#N)c3)n2)ccc1N1CCN(C2COC2)CC1. The fourth-order valence-corrected chi connectivity index (χ4v) is 6.05. The number of rotatable bonds is 10. The molecule has 2 aromatic carbocycles. The third kappa shape index (κ3) is 7.12. The number of nitriles is 1. The highest BCUT2D eigenvalue weighted by Crippen LogP contribution is 2.35. The number of piperazine rings is 1. The molecule has 0 radical (unpaired) electrons. The number of aliphatic hydroxyl groups excluding tert-OH is 2. The molecule has 1 amide bonds. The number of aliphatic hydroxyl groups is 2.